The summed E-state index contributed by atoms with van der Waals surface area (Å²) in [4.78, 5) is 4.00. The van der Waals surface area contributed by atoms with Gasteiger partial charge < -0.3 is 5.73 Å². The van der Waals surface area contributed by atoms with E-state index in [-0.39, 0.29) is 0 Å². The second-order valence-electron chi connectivity index (χ2n) is 4.17. The third-order valence-electron chi connectivity index (χ3n) is 2.77. The van der Waals surface area contributed by atoms with Gasteiger partial charge in [-0.2, -0.15) is 0 Å². The molecule has 2 N–H and O–H groups in total. The van der Waals surface area contributed by atoms with Crippen molar-refractivity contribution in [3.8, 4) is 0 Å². The van der Waals surface area contributed by atoms with Gasteiger partial charge in [0.25, 0.3) is 0 Å². The summed E-state index contributed by atoms with van der Waals surface area (Å²) in [5, 5.41) is 0.809. The van der Waals surface area contributed by atoms with E-state index < -0.39 is 11.4 Å². The van der Waals surface area contributed by atoms with E-state index in [1.54, 1.807) is 25.1 Å². The average molecular weight is 285 g/mol. The van der Waals surface area contributed by atoms with Gasteiger partial charge in [-0.25, -0.2) is 4.39 Å². The molecule has 5 heteroatoms. The summed E-state index contributed by atoms with van der Waals surface area (Å²) in [5.41, 5.74) is 6.49. The van der Waals surface area contributed by atoms with Crippen molar-refractivity contribution in [3.63, 3.8) is 0 Å². The number of aromatic nitrogens is 1. The molecular formula is C13H11Cl2FN2. The molecule has 2 aromatic rings. The maximum absolute atomic E-state index is 12.9. The minimum atomic E-state index is -0.935. The van der Waals surface area contributed by atoms with Crippen LogP contribution < -0.4 is 5.73 Å². The standard InChI is InChI=1S/C13H11Cl2FN2/c1-13(17,11-6-5-8(16)7-18-11)9-3-2-4-10(14)12(9)15/h2-7H,17H2,1H3. The van der Waals surface area contributed by atoms with E-state index in [2.05, 4.69) is 4.98 Å². The van der Waals surface area contributed by atoms with Crippen molar-refractivity contribution < 1.29 is 4.39 Å². The molecule has 94 valence electrons. The molecule has 0 aliphatic rings. The Morgan fingerprint density at radius 3 is 2.56 bits per heavy atom. The van der Waals surface area contributed by atoms with Crippen LogP contribution in [0.4, 0.5) is 4.39 Å². The maximum atomic E-state index is 12.9. The van der Waals surface area contributed by atoms with Gasteiger partial charge in [0.15, 0.2) is 0 Å². The molecule has 0 saturated heterocycles. The first-order valence-corrected chi connectivity index (χ1v) is 6.04. The summed E-state index contributed by atoms with van der Waals surface area (Å²) in [7, 11) is 0. The van der Waals surface area contributed by atoms with Crippen LogP contribution in [-0.4, -0.2) is 4.98 Å². The zero-order chi connectivity index (χ0) is 13.3. The van der Waals surface area contributed by atoms with Crippen LogP contribution in [0.1, 0.15) is 18.2 Å². The SMILES string of the molecule is CC(N)(c1ccc(F)cn1)c1cccc(Cl)c1Cl. The Kier molecular flexibility index (Phi) is 3.57. The van der Waals surface area contributed by atoms with Crippen molar-refractivity contribution in [2.24, 2.45) is 5.73 Å². The first-order chi connectivity index (χ1) is 8.43. The van der Waals surface area contributed by atoms with Gasteiger partial charge in [-0.05, 0) is 30.7 Å². The summed E-state index contributed by atoms with van der Waals surface area (Å²) >= 11 is 12.1. The summed E-state index contributed by atoms with van der Waals surface area (Å²) in [6.07, 6.45) is 1.12. The minimum Gasteiger partial charge on any atom is -0.317 e. The largest absolute Gasteiger partial charge is 0.317 e. The third kappa shape index (κ3) is 2.34. The van der Waals surface area contributed by atoms with Crippen molar-refractivity contribution in [1.82, 2.24) is 4.98 Å². The van der Waals surface area contributed by atoms with E-state index in [4.69, 9.17) is 28.9 Å². The zero-order valence-corrected chi connectivity index (χ0v) is 11.1. The second-order valence-corrected chi connectivity index (χ2v) is 4.95. The van der Waals surface area contributed by atoms with Gasteiger partial charge >= 0.3 is 0 Å². The highest BCUT2D eigenvalue weighted by atomic mass is 35.5. The number of nitrogens with two attached hydrogens (primary N) is 1. The van der Waals surface area contributed by atoms with Crippen molar-refractivity contribution in [2.45, 2.75) is 12.5 Å². The van der Waals surface area contributed by atoms with Crippen LogP contribution in [0.2, 0.25) is 10.0 Å². The van der Waals surface area contributed by atoms with Crippen LogP contribution in [-0.2, 0) is 5.54 Å². The monoisotopic (exact) mass is 284 g/mol. The van der Waals surface area contributed by atoms with Crippen molar-refractivity contribution >= 4 is 23.2 Å². The number of nitrogens with zero attached hydrogens (tertiary/aromatic N) is 1. The second kappa shape index (κ2) is 4.84. The van der Waals surface area contributed by atoms with E-state index in [1.165, 1.54) is 12.1 Å². The van der Waals surface area contributed by atoms with Crippen LogP contribution in [0.15, 0.2) is 36.5 Å². The highest BCUT2D eigenvalue weighted by Crippen LogP contribution is 2.34. The number of rotatable bonds is 2. The molecule has 1 unspecified atom stereocenters. The van der Waals surface area contributed by atoms with Crippen LogP contribution in [0.5, 0.6) is 0 Å². The molecule has 0 spiro atoms. The summed E-state index contributed by atoms with van der Waals surface area (Å²) in [6, 6.07) is 8.07. The Morgan fingerprint density at radius 1 is 1.22 bits per heavy atom. The smallest absolute Gasteiger partial charge is 0.141 e. The fourth-order valence-corrected chi connectivity index (χ4v) is 2.22. The fourth-order valence-electron chi connectivity index (χ4n) is 1.73. The van der Waals surface area contributed by atoms with Gasteiger partial charge in [0, 0.05) is 0 Å². The van der Waals surface area contributed by atoms with Gasteiger partial charge in [-0.1, -0.05) is 35.3 Å². The highest BCUT2D eigenvalue weighted by Gasteiger charge is 2.28. The van der Waals surface area contributed by atoms with Crippen LogP contribution >= 0.6 is 23.2 Å². The van der Waals surface area contributed by atoms with Gasteiger partial charge in [-0.3, -0.25) is 4.98 Å². The predicted molar refractivity (Wildman–Crippen MR) is 71.3 cm³/mol. The lowest BCUT2D eigenvalue weighted by atomic mass is 9.89. The minimum absolute atomic E-state index is 0.385. The van der Waals surface area contributed by atoms with Gasteiger partial charge in [0.05, 0.1) is 27.5 Å². The van der Waals surface area contributed by atoms with E-state index in [0.717, 1.165) is 6.20 Å². The molecule has 0 saturated carbocycles. The Bertz CT molecular complexity index is 568. The molecular weight excluding hydrogens is 274 g/mol. The Labute approximate surface area is 115 Å². The Balaban J connectivity index is 2.54. The molecule has 0 bridgehead atoms. The van der Waals surface area contributed by atoms with Crippen LogP contribution in [0.3, 0.4) is 0 Å². The summed E-state index contributed by atoms with van der Waals surface area (Å²) in [6.45, 7) is 1.75. The molecule has 1 aromatic carbocycles. The van der Waals surface area contributed by atoms with Gasteiger partial charge in [0.2, 0.25) is 0 Å². The normalized spacial score (nSPS) is 14.3. The number of pyridine rings is 1. The molecule has 0 amide bonds. The molecule has 0 aliphatic heterocycles. The third-order valence-corrected chi connectivity index (χ3v) is 3.59. The molecule has 1 atom stereocenters. The summed E-state index contributed by atoms with van der Waals surface area (Å²) < 4.78 is 12.9. The van der Waals surface area contributed by atoms with E-state index in [1.807, 2.05) is 0 Å². The lowest BCUT2D eigenvalue weighted by molar-refractivity contribution is 0.568. The fraction of sp³-hybridized carbons (Fsp3) is 0.154. The molecule has 18 heavy (non-hydrogen) atoms. The number of halogens is 3. The lowest BCUT2D eigenvalue weighted by Crippen LogP contribution is -2.35. The van der Waals surface area contributed by atoms with Crippen LogP contribution in [0.25, 0.3) is 0 Å². The van der Waals surface area contributed by atoms with Crippen molar-refractivity contribution in [3.05, 3.63) is 63.6 Å². The van der Waals surface area contributed by atoms with Gasteiger partial charge in [-0.15, -0.1) is 0 Å². The first-order valence-electron chi connectivity index (χ1n) is 5.28. The maximum Gasteiger partial charge on any atom is 0.141 e. The van der Waals surface area contributed by atoms with Gasteiger partial charge in [0.1, 0.15) is 5.82 Å². The number of hydrogen-bond acceptors (Lipinski definition) is 2. The molecule has 2 rings (SSSR count). The quantitative estimate of drug-likeness (QED) is 0.912. The molecule has 1 aromatic heterocycles. The molecule has 2 nitrogen and oxygen atoms in total. The van der Waals surface area contributed by atoms with E-state index in [0.29, 0.717) is 21.3 Å². The van der Waals surface area contributed by atoms with E-state index in [9.17, 15) is 4.39 Å². The zero-order valence-electron chi connectivity index (χ0n) is 9.62. The lowest BCUT2D eigenvalue weighted by Gasteiger charge is -2.26. The highest BCUT2D eigenvalue weighted by molar-refractivity contribution is 6.42. The molecule has 0 fully saturated rings. The molecule has 0 radical (unpaired) electrons. The van der Waals surface area contributed by atoms with Crippen molar-refractivity contribution in [2.75, 3.05) is 0 Å². The molecule has 0 aliphatic carbocycles. The molecule has 1 heterocycles. The average Bonchev–Trinajstić information content (AvgIpc) is 2.33. The van der Waals surface area contributed by atoms with E-state index >= 15 is 0 Å². The summed E-state index contributed by atoms with van der Waals surface area (Å²) in [5.74, 6) is -0.410. The Morgan fingerprint density at radius 2 is 1.94 bits per heavy atom. The van der Waals surface area contributed by atoms with Crippen molar-refractivity contribution in [1.29, 1.82) is 0 Å². The number of benzene rings is 1. The first kappa shape index (κ1) is 13.3. The topological polar surface area (TPSA) is 38.9 Å². The predicted octanol–water partition coefficient (Wildman–Crippen LogP) is 3.75. The Hall–Kier alpha value is -1.16. The van der Waals surface area contributed by atoms with Crippen LogP contribution in [0, 0.1) is 5.82 Å². The number of hydrogen-bond donors (Lipinski definition) is 1.